The number of aromatic nitrogens is 3. The lowest BCUT2D eigenvalue weighted by molar-refractivity contribution is 0.0924. The molecule has 0 aliphatic rings. The molecular formula is C19H27N3O2. The van der Waals surface area contributed by atoms with Crippen molar-refractivity contribution in [2.45, 2.75) is 65.6 Å². The maximum absolute atomic E-state index is 9.66. The van der Waals surface area contributed by atoms with Crippen LogP contribution in [-0.2, 0) is 0 Å². The van der Waals surface area contributed by atoms with Crippen molar-refractivity contribution in [2.24, 2.45) is 0 Å². The van der Waals surface area contributed by atoms with Crippen molar-refractivity contribution in [1.82, 2.24) is 15.0 Å². The minimum Gasteiger partial charge on any atom is -0.460 e. The fourth-order valence-electron chi connectivity index (χ4n) is 2.72. The number of unbranched alkanes of at least 4 members (excludes halogenated alkanes) is 1. The van der Waals surface area contributed by atoms with Gasteiger partial charge in [0.15, 0.2) is 5.82 Å². The second-order valence-corrected chi connectivity index (χ2v) is 6.38. The first-order valence-corrected chi connectivity index (χ1v) is 8.61. The number of benzene rings is 1. The largest absolute Gasteiger partial charge is 0.460 e. The lowest BCUT2D eigenvalue weighted by Gasteiger charge is -2.19. The van der Waals surface area contributed by atoms with Gasteiger partial charge in [0.05, 0.1) is 6.10 Å². The van der Waals surface area contributed by atoms with Crippen molar-refractivity contribution in [3.05, 3.63) is 35.7 Å². The van der Waals surface area contributed by atoms with Gasteiger partial charge in [0.1, 0.15) is 12.4 Å². The highest BCUT2D eigenvalue weighted by Gasteiger charge is 2.16. The number of hydrogen-bond donors (Lipinski definition) is 1. The first kappa shape index (κ1) is 18.3. The van der Waals surface area contributed by atoms with Crippen molar-refractivity contribution in [2.75, 3.05) is 0 Å². The van der Waals surface area contributed by atoms with E-state index in [2.05, 4.69) is 34.9 Å². The van der Waals surface area contributed by atoms with E-state index in [9.17, 15) is 5.11 Å². The van der Waals surface area contributed by atoms with E-state index in [-0.39, 0.29) is 6.10 Å². The highest BCUT2D eigenvalue weighted by Crippen LogP contribution is 2.22. The molecule has 0 saturated heterocycles. The van der Waals surface area contributed by atoms with Crippen molar-refractivity contribution < 1.29 is 9.84 Å². The highest BCUT2D eigenvalue weighted by atomic mass is 16.5. The normalized spacial score (nSPS) is 13.5. The summed E-state index contributed by atoms with van der Waals surface area (Å²) in [5.74, 6) is 0.615. The van der Waals surface area contributed by atoms with Crippen LogP contribution in [0.3, 0.4) is 0 Å². The van der Waals surface area contributed by atoms with Crippen LogP contribution in [0.4, 0.5) is 0 Å². The molecule has 0 amide bonds. The third kappa shape index (κ3) is 5.27. The van der Waals surface area contributed by atoms with Gasteiger partial charge in [-0.05, 0) is 32.8 Å². The second-order valence-electron chi connectivity index (χ2n) is 6.38. The van der Waals surface area contributed by atoms with Crippen LogP contribution in [-0.4, -0.2) is 32.3 Å². The molecule has 130 valence electrons. The van der Waals surface area contributed by atoms with Gasteiger partial charge in [-0.25, -0.2) is 4.98 Å². The summed E-state index contributed by atoms with van der Waals surface area (Å²) in [5, 5.41) is 9.66. The van der Waals surface area contributed by atoms with Gasteiger partial charge in [0, 0.05) is 12.0 Å². The third-order valence-electron chi connectivity index (χ3n) is 3.93. The SMILES string of the molecule is CCCCC(CC(C)O)Oc1ncnc(-c2ccc(C)cc2C)n1. The molecule has 5 heteroatoms. The lowest BCUT2D eigenvalue weighted by atomic mass is 10.1. The second kappa shape index (κ2) is 8.73. The summed E-state index contributed by atoms with van der Waals surface area (Å²) >= 11 is 0. The Morgan fingerprint density at radius 2 is 2.00 bits per heavy atom. The Kier molecular flexibility index (Phi) is 6.67. The maximum atomic E-state index is 9.66. The van der Waals surface area contributed by atoms with Crippen molar-refractivity contribution in [1.29, 1.82) is 0 Å². The zero-order valence-corrected chi connectivity index (χ0v) is 15.0. The minimum absolute atomic E-state index is 0.0840. The lowest BCUT2D eigenvalue weighted by Crippen LogP contribution is -2.23. The van der Waals surface area contributed by atoms with E-state index >= 15 is 0 Å². The quantitative estimate of drug-likeness (QED) is 0.796. The molecule has 1 aromatic carbocycles. The number of aliphatic hydroxyl groups excluding tert-OH is 1. The summed E-state index contributed by atoms with van der Waals surface area (Å²) in [4.78, 5) is 12.9. The van der Waals surface area contributed by atoms with Crippen LogP contribution < -0.4 is 4.74 Å². The van der Waals surface area contributed by atoms with Crippen molar-refractivity contribution in [3.8, 4) is 17.4 Å². The van der Waals surface area contributed by atoms with E-state index < -0.39 is 6.10 Å². The predicted octanol–water partition coefficient (Wildman–Crippen LogP) is 3.86. The molecule has 0 aliphatic heterocycles. The smallest absolute Gasteiger partial charge is 0.320 e. The first-order valence-electron chi connectivity index (χ1n) is 8.61. The Morgan fingerprint density at radius 1 is 1.21 bits per heavy atom. The number of aryl methyl sites for hydroxylation is 2. The van der Waals surface area contributed by atoms with Gasteiger partial charge >= 0.3 is 6.01 Å². The van der Waals surface area contributed by atoms with Crippen LogP contribution in [0.15, 0.2) is 24.5 Å². The van der Waals surface area contributed by atoms with Gasteiger partial charge in [0.25, 0.3) is 0 Å². The zero-order valence-electron chi connectivity index (χ0n) is 15.0. The van der Waals surface area contributed by atoms with Crippen molar-refractivity contribution >= 4 is 0 Å². The van der Waals surface area contributed by atoms with E-state index in [0.29, 0.717) is 18.3 Å². The number of ether oxygens (including phenoxy) is 1. The molecular weight excluding hydrogens is 302 g/mol. The third-order valence-corrected chi connectivity index (χ3v) is 3.93. The monoisotopic (exact) mass is 329 g/mol. The number of nitrogens with zero attached hydrogens (tertiary/aromatic N) is 3. The molecule has 0 spiro atoms. The van der Waals surface area contributed by atoms with Gasteiger partial charge in [-0.2, -0.15) is 9.97 Å². The van der Waals surface area contributed by atoms with Crippen LogP contribution >= 0.6 is 0 Å². The molecule has 0 bridgehead atoms. The fraction of sp³-hybridized carbons (Fsp3) is 0.526. The summed E-state index contributed by atoms with van der Waals surface area (Å²) in [6.45, 7) is 8.02. The summed E-state index contributed by atoms with van der Waals surface area (Å²) in [6.07, 6.45) is 4.58. The van der Waals surface area contributed by atoms with E-state index in [0.717, 1.165) is 30.4 Å². The molecule has 1 heterocycles. The summed E-state index contributed by atoms with van der Waals surface area (Å²) in [5.41, 5.74) is 3.31. The van der Waals surface area contributed by atoms with Crippen LogP contribution in [0.5, 0.6) is 6.01 Å². The average molecular weight is 329 g/mol. The van der Waals surface area contributed by atoms with Crippen LogP contribution in [0.25, 0.3) is 11.4 Å². The van der Waals surface area contributed by atoms with Gasteiger partial charge in [-0.15, -0.1) is 0 Å². The number of hydrogen-bond acceptors (Lipinski definition) is 5. The summed E-state index contributed by atoms with van der Waals surface area (Å²) < 4.78 is 5.93. The molecule has 0 aliphatic carbocycles. The minimum atomic E-state index is -0.410. The van der Waals surface area contributed by atoms with Crippen molar-refractivity contribution in [3.63, 3.8) is 0 Å². The van der Waals surface area contributed by atoms with Gasteiger partial charge in [0.2, 0.25) is 0 Å². The van der Waals surface area contributed by atoms with Gasteiger partial charge < -0.3 is 9.84 Å². The Hall–Kier alpha value is -2.01. The predicted molar refractivity (Wildman–Crippen MR) is 95.0 cm³/mol. The summed E-state index contributed by atoms with van der Waals surface area (Å²) in [6, 6.07) is 6.50. The molecule has 0 saturated carbocycles. The molecule has 2 atom stereocenters. The maximum Gasteiger partial charge on any atom is 0.320 e. The molecule has 5 nitrogen and oxygen atoms in total. The van der Waals surface area contributed by atoms with Gasteiger partial charge in [-0.1, -0.05) is 43.5 Å². The number of rotatable bonds is 8. The highest BCUT2D eigenvalue weighted by molar-refractivity contribution is 5.60. The molecule has 0 radical (unpaired) electrons. The zero-order chi connectivity index (χ0) is 17.5. The molecule has 2 aromatic rings. The molecule has 2 unspecified atom stereocenters. The Bertz CT molecular complexity index is 659. The standard InChI is InChI=1S/C19H27N3O2/c1-5-6-7-16(11-15(4)23)24-19-21-12-20-18(22-19)17-9-8-13(2)10-14(17)3/h8-10,12,15-16,23H,5-7,11H2,1-4H3. The van der Waals surface area contributed by atoms with E-state index in [1.54, 1.807) is 6.92 Å². The molecule has 1 aromatic heterocycles. The Morgan fingerprint density at radius 3 is 2.67 bits per heavy atom. The first-order chi connectivity index (χ1) is 11.5. The Labute approximate surface area is 144 Å². The average Bonchev–Trinajstić information content (AvgIpc) is 2.52. The number of aliphatic hydroxyl groups is 1. The molecule has 0 fully saturated rings. The van der Waals surface area contributed by atoms with E-state index in [1.165, 1.54) is 11.9 Å². The molecule has 1 N–H and O–H groups in total. The Balaban J connectivity index is 2.19. The van der Waals surface area contributed by atoms with E-state index in [4.69, 9.17) is 4.74 Å². The fourth-order valence-corrected chi connectivity index (χ4v) is 2.72. The van der Waals surface area contributed by atoms with Crippen LogP contribution in [0.1, 0.15) is 50.7 Å². The topological polar surface area (TPSA) is 68.1 Å². The molecule has 2 rings (SSSR count). The van der Waals surface area contributed by atoms with Crippen LogP contribution in [0.2, 0.25) is 0 Å². The van der Waals surface area contributed by atoms with Gasteiger partial charge in [-0.3, -0.25) is 0 Å². The van der Waals surface area contributed by atoms with Crippen LogP contribution in [0, 0.1) is 13.8 Å². The summed E-state index contributed by atoms with van der Waals surface area (Å²) in [7, 11) is 0. The van der Waals surface area contributed by atoms with E-state index in [1.807, 2.05) is 19.1 Å². The molecule has 24 heavy (non-hydrogen) atoms.